The van der Waals surface area contributed by atoms with Crippen LogP contribution in [0.4, 0.5) is 4.39 Å². The zero-order valence-electron chi connectivity index (χ0n) is 12.3. The zero-order valence-corrected chi connectivity index (χ0v) is 13.8. The minimum Gasteiger partial charge on any atom is -0.489 e. The molecule has 2 rings (SSSR count). The topological polar surface area (TPSA) is 21.3 Å². The van der Waals surface area contributed by atoms with E-state index in [1.807, 2.05) is 12.1 Å². The van der Waals surface area contributed by atoms with Gasteiger partial charge in [0.2, 0.25) is 0 Å². The number of hydrogen-bond acceptors (Lipinski definition) is 2. The molecule has 0 aliphatic rings. The van der Waals surface area contributed by atoms with Gasteiger partial charge in [-0.25, -0.2) is 4.39 Å². The summed E-state index contributed by atoms with van der Waals surface area (Å²) >= 11 is 12.1. The predicted octanol–water partition coefficient (Wildman–Crippen LogP) is 5.21. The molecule has 0 spiro atoms. The molecule has 0 saturated heterocycles. The van der Waals surface area contributed by atoms with E-state index in [2.05, 4.69) is 12.2 Å². The van der Waals surface area contributed by atoms with Gasteiger partial charge in [-0.15, -0.1) is 0 Å². The lowest BCUT2D eigenvalue weighted by Crippen LogP contribution is -2.14. The van der Waals surface area contributed by atoms with Crippen LogP contribution in [0, 0.1) is 5.82 Å². The standard InChI is InChI=1S/C17H18Cl2FNO/c1-2-7-21-10-13-8-14(18)4-6-17(13)22-11-12-3-5-15(20)9-16(12)19/h3-6,8-9,21H,2,7,10-11H2,1H3. The minimum absolute atomic E-state index is 0.279. The van der Waals surface area contributed by atoms with Gasteiger partial charge in [-0.3, -0.25) is 0 Å². The van der Waals surface area contributed by atoms with Crippen LogP contribution in [-0.4, -0.2) is 6.54 Å². The summed E-state index contributed by atoms with van der Waals surface area (Å²) in [6.45, 7) is 4.00. The average molecular weight is 342 g/mol. The molecule has 0 aliphatic carbocycles. The highest BCUT2D eigenvalue weighted by Crippen LogP contribution is 2.25. The van der Waals surface area contributed by atoms with Crippen molar-refractivity contribution in [3.05, 3.63) is 63.4 Å². The maximum Gasteiger partial charge on any atom is 0.124 e. The third kappa shape index (κ3) is 4.87. The second-order valence-electron chi connectivity index (χ2n) is 4.95. The molecule has 1 N–H and O–H groups in total. The van der Waals surface area contributed by atoms with E-state index in [9.17, 15) is 4.39 Å². The molecule has 0 aliphatic heterocycles. The fourth-order valence-electron chi connectivity index (χ4n) is 2.02. The summed E-state index contributed by atoms with van der Waals surface area (Å²) in [6.07, 6.45) is 1.06. The quantitative estimate of drug-likeness (QED) is 0.698. The molecule has 0 heterocycles. The van der Waals surface area contributed by atoms with Gasteiger partial charge < -0.3 is 10.1 Å². The summed E-state index contributed by atoms with van der Waals surface area (Å²) in [5.74, 6) is 0.387. The Labute approximate surface area is 140 Å². The van der Waals surface area contributed by atoms with Gasteiger partial charge >= 0.3 is 0 Å². The van der Waals surface area contributed by atoms with Crippen molar-refractivity contribution >= 4 is 23.2 Å². The van der Waals surface area contributed by atoms with Crippen molar-refractivity contribution in [3.63, 3.8) is 0 Å². The first-order chi connectivity index (χ1) is 10.6. The van der Waals surface area contributed by atoms with Crippen LogP contribution >= 0.6 is 23.2 Å². The number of rotatable bonds is 7. The molecule has 0 radical (unpaired) electrons. The summed E-state index contributed by atoms with van der Waals surface area (Å²) in [5, 5.41) is 4.35. The smallest absolute Gasteiger partial charge is 0.124 e. The first kappa shape index (κ1) is 17.1. The minimum atomic E-state index is -0.357. The Balaban J connectivity index is 2.08. The number of hydrogen-bond donors (Lipinski definition) is 1. The van der Waals surface area contributed by atoms with Gasteiger partial charge in [0.05, 0.1) is 5.02 Å². The second kappa shape index (κ2) is 8.37. The lowest BCUT2D eigenvalue weighted by atomic mass is 10.2. The molecule has 0 bridgehead atoms. The Bertz CT molecular complexity index is 634. The Kier molecular flexibility index (Phi) is 6.49. The van der Waals surface area contributed by atoms with Crippen LogP contribution in [0.25, 0.3) is 0 Å². The number of ether oxygens (including phenoxy) is 1. The Morgan fingerprint density at radius 1 is 1.09 bits per heavy atom. The number of nitrogens with one attached hydrogen (secondary N) is 1. The lowest BCUT2D eigenvalue weighted by molar-refractivity contribution is 0.302. The lowest BCUT2D eigenvalue weighted by Gasteiger charge is -2.13. The van der Waals surface area contributed by atoms with Crippen molar-refractivity contribution in [2.45, 2.75) is 26.5 Å². The van der Waals surface area contributed by atoms with E-state index in [1.54, 1.807) is 12.1 Å². The fourth-order valence-corrected chi connectivity index (χ4v) is 2.44. The van der Waals surface area contributed by atoms with Crippen molar-refractivity contribution in [2.75, 3.05) is 6.54 Å². The molecule has 0 fully saturated rings. The van der Waals surface area contributed by atoms with E-state index in [1.165, 1.54) is 12.1 Å². The Morgan fingerprint density at radius 2 is 1.91 bits per heavy atom. The summed E-state index contributed by atoms with van der Waals surface area (Å²) in [6, 6.07) is 9.78. The van der Waals surface area contributed by atoms with Crippen LogP contribution in [0.15, 0.2) is 36.4 Å². The van der Waals surface area contributed by atoms with Gasteiger partial charge in [0.15, 0.2) is 0 Å². The molecule has 5 heteroatoms. The first-order valence-electron chi connectivity index (χ1n) is 7.16. The summed E-state index contributed by atoms with van der Waals surface area (Å²) in [5.41, 5.74) is 1.73. The van der Waals surface area contributed by atoms with Crippen LogP contribution in [0.1, 0.15) is 24.5 Å². The van der Waals surface area contributed by atoms with Gasteiger partial charge in [-0.2, -0.15) is 0 Å². The van der Waals surface area contributed by atoms with Crippen LogP contribution in [-0.2, 0) is 13.2 Å². The van der Waals surface area contributed by atoms with Crippen molar-refractivity contribution in [1.82, 2.24) is 5.32 Å². The highest BCUT2D eigenvalue weighted by Gasteiger charge is 2.07. The SMILES string of the molecule is CCCNCc1cc(Cl)ccc1OCc1ccc(F)cc1Cl. The van der Waals surface area contributed by atoms with Crippen LogP contribution in [0.5, 0.6) is 5.75 Å². The highest BCUT2D eigenvalue weighted by molar-refractivity contribution is 6.31. The largest absolute Gasteiger partial charge is 0.489 e. The Hall–Kier alpha value is -1.29. The molecule has 118 valence electrons. The van der Waals surface area contributed by atoms with Crippen molar-refractivity contribution in [3.8, 4) is 5.75 Å². The van der Waals surface area contributed by atoms with Crippen molar-refractivity contribution in [1.29, 1.82) is 0 Å². The molecular weight excluding hydrogens is 324 g/mol. The summed E-state index contributed by atoms with van der Waals surface area (Å²) in [4.78, 5) is 0. The van der Waals surface area contributed by atoms with E-state index >= 15 is 0 Å². The molecule has 0 saturated carbocycles. The van der Waals surface area contributed by atoms with Crippen molar-refractivity contribution in [2.24, 2.45) is 0 Å². The molecular formula is C17H18Cl2FNO. The molecule has 2 aromatic carbocycles. The molecule has 22 heavy (non-hydrogen) atoms. The van der Waals surface area contributed by atoms with Gasteiger partial charge in [0.25, 0.3) is 0 Å². The normalized spacial score (nSPS) is 10.7. The third-order valence-corrected chi connectivity index (χ3v) is 3.75. The van der Waals surface area contributed by atoms with Crippen LogP contribution in [0.2, 0.25) is 10.0 Å². The van der Waals surface area contributed by atoms with E-state index in [-0.39, 0.29) is 12.4 Å². The van der Waals surface area contributed by atoms with Crippen LogP contribution < -0.4 is 10.1 Å². The molecule has 2 nitrogen and oxygen atoms in total. The van der Waals surface area contributed by atoms with Gasteiger partial charge in [-0.1, -0.05) is 36.2 Å². The molecule has 0 aromatic heterocycles. The predicted molar refractivity (Wildman–Crippen MR) is 89.2 cm³/mol. The highest BCUT2D eigenvalue weighted by atomic mass is 35.5. The molecule has 0 amide bonds. The maximum absolute atomic E-state index is 13.0. The third-order valence-electron chi connectivity index (χ3n) is 3.16. The zero-order chi connectivity index (χ0) is 15.9. The average Bonchev–Trinajstić information content (AvgIpc) is 2.48. The van der Waals surface area contributed by atoms with Crippen molar-refractivity contribution < 1.29 is 9.13 Å². The van der Waals surface area contributed by atoms with Gasteiger partial charge in [0, 0.05) is 22.7 Å². The fraction of sp³-hybridized carbons (Fsp3) is 0.294. The summed E-state index contributed by atoms with van der Waals surface area (Å²) in [7, 11) is 0. The van der Waals surface area contributed by atoms with E-state index in [0.29, 0.717) is 16.6 Å². The number of benzene rings is 2. The molecule has 0 atom stereocenters. The first-order valence-corrected chi connectivity index (χ1v) is 7.91. The molecule has 2 aromatic rings. The maximum atomic E-state index is 13.0. The van der Waals surface area contributed by atoms with E-state index < -0.39 is 0 Å². The number of halogens is 3. The summed E-state index contributed by atoms with van der Waals surface area (Å²) < 4.78 is 18.9. The van der Waals surface area contributed by atoms with E-state index in [4.69, 9.17) is 27.9 Å². The Morgan fingerprint density at radius 3 is 2.64 bits per heavy atom. The second-order valence-corrected chi connectivity index (χ2v) is 5.80. The van der Waals surface area contributed by atoms with Gasteiger partial charge in [0.1, 0.15) is 18.2 Å². The monoisotopic (exact) mass is 341 g/mol. The van der Waals surface area contributed by atoms with Gasteiger partial charge in [-0.05, 0) is 43.3 Å². The van der Waals surface area contributed by atoms with Crippen LogP contribution in [0.3, 0.4) is 0 Å². The molecule has 0 unspecified atom stereocenters. The van der Waals surface area contributed by atoms with E-state index in [0.717, 1.165) is 29.8 Å².